The summed E-state index contributed by atoms with van der Waals surface area (Å²) in [5.74, 6) is 1.52. The summed E-state index contributed by atoms with van der Waals surface area (Å²) in [6.45, 7) is 0.936. The molecule has 21 heavy (non-hydrogen) atoms. The van der Waals surface area contributed by atoms with Crippen molar-refractivity contribution in [1.82, 2.24) is 24.7 Å². The molecule has 0 bridgehead atoms. The highest BCUT2D eigenvalue weighted by atomic mass is 15.3. The van der Waals surface area contributed by atoms with E-state index in [1.54, 1.807) is 6.20 Å². The molecule has 0 amide bonds. The first-order chi connectivity index (χ1) is 10.4. The third-order valence-electron chi connectivity index (χ3n) is 4.03. The van der Waals surface area contributed by atoms with Crippen LogP contribution in [-0.2, 0) is 6.54 Å². The Kier molecular flexibility index (Phi) is 3.03. The maximum Gasteiger partial charge on any atom is 0.176 e. The molecule has 1 N–H and O–H groups in total. The maximum atomic E-state index is 4.70. The lowest BCUT2D eigenvalue weighted by atomic mass is 9.94. The van der Waals surface area contributed by atoms with E-state index < -0.39 is 0 Å². The van der Waals surface area contributed by atoms with E-state index in [4.69, 9.17) is 4.98 Å². The molecule has 0 saturated carbocycles. The monoisotopic (exact) mass is 279 g/mol. The van der Waals surface area contributed by atoms with Crippen molar-refractivity contribution >= 4 is 11.2 Å². The van der Waals surface area contributed by atoms with Gasteiger partial charge >= 0.3 is 0 Å². The van der Waals surface area contributed by atoms with Crippen LogP contribution in [0.25, 0.3) is 22.6 Å². The molecule has 4 rings (SSSR count). The number of imidazole rings is 1. The van der Waals surface area contributed by atoms with Gasteiger partial charge in [0.25, 0.3) is 0 Å². The first-order valence-corrected chi connectivity index (χ1v) is 7.37. The van der Waals surface area contributed by atoms with Gasteiger partial charge in [-0.05, 0) is 37.3 Å². The quantitative estimate of drug-likeness (QED) is 0.749. The number of nitrogens with one attached hydrogen (secondary N) is 1. The minimum atomic E-state index is 0.664. The molecule has 0 aliphatic heterocycles. The van der Waals surface area contributed by atoms with Crippen molar-refractivity contribution in [2.24, 2.45) is 5.92 Å². The van der Waals surface area contributed by atoms with Crippen LogP contribution in [0.3, 0.4) is 0 Å². The standard InChI is InChI=1S/C16H17N5/c1-2-5-12(6-3-1)11-21-16-14(10-18-21)19-15(20-16)13-7-4-8-17-9-13/h1-2,4,7-10,12H,3,5-6,11H2,(H,19,20). The Morgan fingerprint density at radius 1 is 1.29 bits per heavy atom. The van der Waals surface area contributed by atoms with Crippen LogP contribution in [0.15, 0.2) is 42.9 Å². The summed E-state index contributed by atoms with van der Waals surface area (Å²) in [7, 11) is 0. The zero-order valence-electron chi connectivity index (χ0n) is 11.7. The number of hydrogen-bond acceptors (Lipinski definition) is 3. The van der Waals surface area contributed by atoms with Gasteiger partial charge in [-0.1, -0.05) is 12.2 Å². The highest BCUT2D eigenvalue weighted by Crippen LogP contribution is 2.23. The Bertz CT molecular complexity index is 768. The Morgan fingerprint density at radius 3 is 3.10 bits per heavy atom. The molecule has 1 atom stereocenters. The number of allylic oxidation sites excluding steroid dienone is 2. The van der Waals surface area contributed by atoms with Crippen molar-refractivity contribution in [2.75, 3.05) is 0 Å². The van der Waals surface area contributed by atoms with Crippen LogP contribution >= 0.6 is 0 Å². The first kappa shape index (κ1) is 12.3. The lowest BCUT2D eigenvalue weighted by Gasteiger charge is -2.17. The zero-order chi connectivity index (χ0) is 14.1. The Hall–Kier alpha value is -2.43. The van der Waals surface area contributed by atoms with Crippen LogP contribution in [0.4, 0.5) is 0 Å². The molecule has 1 aliphatic rings. The molecule has 0 spiro atoms. The van der Waals surface area contributed by atoms with Gasteiger partial charge in [0, 0.05) is 24.5 Å². The van der Waals surface area contributed by atoms with Gasteiger partial charge in [0.2, 0.25) is 0 Å². The summed E-state index contributed by atoms with van der Waals surface area (Å²) in [6.07, 6.45) is 13.5. The number of aromatic nitrogens is 5. The molecule has 5 nitrogen and oxygen atoms in total. The van der Waals surface area contributed by atoms with Gasteiger partial charge in [-0.3, -0.25) is 4.98 Å². The highest BCUT2D eigenvalue weighted by molar-refractivity contribution is 5.75. The molecule has 3 aromatic heterocycles. The van der Waals surface area contributed by atoms with Crippen LogP contribution < -0.4 is 0 Å². The highest BCUT2D eigenvalue weighted by Gasteiger charge is 2.15. The average Bonchev–Trinajstić information content (AvgIpc) is 3.11. The Balaban J connectivity index is 1.65. The largest absolute Gasteiger partial charge is 0.335 e. The first-order valence-electron chi connectivity index (χ1n) is 7.37. The van der Waals surface area contributed by atoms with Crippen molar-refractivity contribution in [3.05, 3.63) is 42.9 Å². The lowest BCUT2D eigenvalue weighted by Crippen LogP contribution is -2.13. The molecule has 1 unspecified atom stereocenters. The number of nitrogens with zero attached hydrogens (tertiary/aromatic N) is 4. The van der Waals surface area contributed by atoms with Crippen molar-refractivity contribution in [1.29, 1.82) is 0 Å². The van der Waals surface area contributed by atoms with Gasteiger partial charge in [0.15, 0.2) is 5.65 Å². The number of rotatable bonds is 3. The second-order valence-corrected chi connectivity index (χ2v) is 5.54. The lowest BCUT2D eigenvalue weighted by molar-refractivity contribution is 0.395. The van der Waals surface area contributed by atoms with Gasteiger partial charge in [-0.2, -0.15) is 5.10 Å². The zero-order valence-corrected chi connectivity index (χ0v) is 11.7. The topological polar surface area (TPSA) is 59.4 Å². The number of aromatic amines is 1. The SMILES string of the molecule is C1=CCC(Cn2ncc3[nH]c(-c4cccnc4)nc32)CC1. The van der Waals surface area contributed by atoms with Gasteiger partial charge in [0.1, 0.15) is 11.3 Å². The average molecular weight is 279 g/mol. The van der Waals surface area contributed by atoms with E-state index >= 15 is 0 Å². The predicted octanol–water partition coefficient (Wildman–Crippen LogP) is 3.18. The molecule has 3 aromatic rings. The minimum Gasteiger partial charge on any atom is -0.335 e. The van der Waals surface area contributed by atoms with Crippen molar-refractivity contribution in [3.8, 4) is 11.4 Å². The minimum absolute atomic E-state index is 0.664. The van der Waals surface area contributed by atoms with E-state index in [1.165, 1.54) is 12.8 Å². The normalized spacial score (nSPS) is 18.4. The fraction of sp³-hybridized carbons (Fsp3) is 0.312. The number of hydrogen-bond donors (Lipinski definition) is 1. The third kappa shape index (κ3) is 2.35. The molecular weight excluding hydrogens is 262 g/mol. The molecule has 106 valence electrons. The second kappa shape index (κ2) is 5.16. The summed E-state index contributed by atoms with van der Waals surface area (Å²) in [4.78, 5) is 12.2. The van der Waals surface area contributed by atoms with Crippen LogP contribution in [0.1, 0.15) is 19.3 Å². The van der Waals surface area contributed by atoms with E-state index in [-0.39, 0.29) is 0 Å². The predicted molar refractivity (Wildman–Crippen MR) is 81.6 cm³/mol. The summed E-state index contributed by atoms with van der Waals surface area (Å²) in [5.41, 5.74) is 2.92. The number of pyridine rings is 1. The van der Waals surface area contributed by atoms with Gasteiger partial charge in [0.05, 0.1) is 6.20 Å². The molecule has 0 radical (unpaired) electrons. The van der Waals surface area contributed by atoms with Gasteiger partial charge in [-0.25, -0.2) is 9.67 Å². The smallest absolute Gasteiger partial charge is 0.176 e. The van der Waals surface area contributed by atoms with Gasteiger partial charge in [-0.15, -0.1) is 0 Å². The summed E-state index contributed by atoms with van der Waals surface area (Å²) in [5, 5.41) is 4.47. The summed E-state index contributed by atoms with van der Waals surface area (Å²) in [6, 6.07) is 3.93. The van der Waals surface area contributed by atoms with E-state index in [1.807, 2.05) is 29.2 Å². The van der Waals surface area contributed by atoms with Crippen LogP contribution in [-0.4, -0.2) is 24.7 Å². The fourth-order valence-electron chi connectivity index (χ4n) is 2.89. The summed E-state index contributed by atoms with van der Waals surface area (Å²) >= 11 is 0. The van der Waals surface area contributed by atoms with Crippen molar-refractivity contribution in [3.63, 3.8) is 0 Å². The Labute approximate surface area is 122 Å². The van der Waals surface area contributed by atoms with Crippen molar-refractivity contribution < 1.29 is 0 Å². The van der Waals surface area contributed by atoms with Crippen LogP contribution in [0.5, 0.6) is 0 Å². The van der Waals surface area contributed by atoms with E-state index in [9.17, 15) is 0 Å². The van der Waals surface area contributed by atoms with Crippen LogP contribution in [0.2, 0.25) is 0 Å². The summed E-state index contributed by atoms with van der Waals surface area (Å²) < 4.78 is 2.02. The van der Waals surface area contributed by atoms with E-state index in [2.05, 4.69) is 27.2 Å². The van der Waals surface area contributed by atoms with E-state index in [0.29, 0.717) is 5.92 Å². The van der Waals surface area contributed by atoms with Gasteiger partial charge < -0.3 is 4.98 Å². The molecule has 3 heterocycles. The molecular formula is C16H17N5. The van der Waals surface area contributed by atoms with Crippen molar-refractivity contribution in [2.45, 2.75) is 25.8 Å². The maximum absolute atomic E-state index is 4.70. The molecule has 0 fully saturated rings. The second-order valence-electron chi connectivity index (χ2n) is 5.54. The molecule has 0 saturated heterocycles. The fourth-order valence-corrected chi connectivity index (χ4v) is 2.89. The Morgan fingerprint density at radius 2 is 2.29 bits per heavy atom. The number of fused-ring (bicyclic) bond motifs is 1. The number of H-pyrrole nitrogens is 1. The van der Waals surface area contributed by atoms with Crippen LogP contribution in [0, 0.1) is 5.92 Å². The molecule has 5 heteroatoms. The molecule has 1 aliphatic carbocycles. The molecule has 0 aromatic carbocycles. The third-order valence-corrected chi connectivity index (χ3v) is 4.03. The van der Waals surface area contributed by atoms with E-state index in [0.717, 1.165) is 35.5 Å².